The van der Waals surface area contributed by atoms with Gasteiger partial charge in [0.25, 0.3) is 0 Å². The lowest BCUT2D eigenvalue weighted by Crippen LogP contribution is -2.46. The van der Waals surface area contributed by atoms with Gasteiger partial charge in [-0.25, -0.2) is 9.59 Å². The lowest BCUT2D eigenvalue weighted by atomic mass is 9.92. The van der Waals surface area contributed by atoms with Crippen molar-refractivity contribution >= 4 is 17.8 Å². The van der Waals surface area contributed by atoms with E-state index in [-0.39, 0.29) is 29.8 Å². The molecule has 27 heavy (non-hydrogen) atoms. The van der Waals surface area contributed by atoms with Crippen LogP contribution in [0.5, 0.6) is 0 Å². The van der Waals surface area contributed by atoms with E-state index in [0.717, 1.165) is 19.3 Å². The molecule has 2 rings (SSSR count). The molecule has 0 N–H and O–H groups in total. The topological polar surface area (TPSA) is 72.9 Å². The van der Waals surface area contributed by atoms with Gasteiger partial charge in [0.1, 0.15) is 17.4 Å². The van der Waals surface area contributed by atoms with Crippen LogP contribution in [0.3, 0.4) is 0 Å². The molecule has 1 aliphatic carbocycles. The van der Waals surface area contributed by atoms with E-state index in [9.17, 15) is 14.4 Å². The van der Waals surface area contributed by atoms with Crippen molar-refractivity contribution in [1.29, 1.82) is 0 Å². The van der Waals surface area contributed by atoms with E-state index in [1.165, 1.54) is 0 Å². The minimum Gasteiger partial charge on any atom is -0.464 e. The minimum absolute atomic E-state index is 0.0391. The summed E-state index contributed by atoms with van der Waals surface area (Å²) in [5, 5.41) is 0. The van der Waals surface area contributed by atoms with Crippen molar-refractivity contribution in [3.05, 3.63) is 12.7 Å². The van der Waals surface area contributed by atoms with E-state index in [0.29, 0.717) is 25.7 Å². The van der Waals surface area contributed by atoms with Crippen molar-refractivity contribution in [3.63, 3.8) is 0 Å². The highest BCUT2D eigenvalue weighted by atomic mass is 16.6. The highest BCUT2D eigenvalue weighted by molar-refractivity contribution is 5.84. The number of esters is 1. The van der Waals surface area contributed by atoms with E-state index < -0.39 is 17.7 Å². The van der Waals surface area contributed by atoms with Gasteiger partial charge in [0.05, 0.1) is 6.61 Å². The molecule has 2 fully saturated rings. The molecule has 1 heterocycles. The lowest BCUT2D eigenvalue weighted by molar-refractivity contribution is -0.149. The zero-order valence-electron chi connectivity index (χ0n) is 17.1. The van der Waals surface area contributed by atoms with Crippen LogP contribution in [0, 0.1) is 5.41 Å². The lowest BCUT2D eigenvalue weighted by Gasteiger charge is -2.29. The SMILES string of the molecule is C=CCCCC(=O)CC[C@@]12C[C@@H](C(=O)OCC)N(C(=O)OC(C)(C)C)[C@@H]1C2. The average Bonchev–Trinajstić information content (AvgIpc) is 3.16. The maximum Gasteiger partial charge on any atom is 0.411 e. The van der Waals surface area contributed by atoms with Crippen LogP contribution in [0.2, 0.25) is 0 Å². The Morgan fingerprint density at radius 3 is 2.52 bits per heavy atom. The van der Waals surface area contributed by atoms with Gasteiger partial charge in [-0.1, -0.05) is 6.08 Å². The quantitative estimate of drug-likeness (QED) is 0.344. The van der Waals surface area contributed by atoms with Gasteiger partial charge in [-0.3, -0.25) is 9.69 Å². The zero-order valence-corrected chi connectivity index (χ0v) is 17.1. The smallest absolute Gasteiger partial charge is 0.411 e. The van der Waals surface area contributed by atoms with Gasteiger partial charge < -0.3 is 9.47 Å². The fraction of sp³-hybridized carbons (Fsp3) is 0.762. The minimum atomic E-state index is -0.627. The Morgan fingerprint density at radius 2 is 1.93 bits per heavy atom. The predicted octanol–water partition coefficient (Wildman–Crippen LogP) is 4.02. The number of Topliss-reactive ketones (excluding diaryl/α,β-unsaturated/α-hetero) is 1. The van der Waals surface area contributed by atoms with Crippen LogP contribution in [-0.2, 0) is 19.1 Å². The average molecular weight is 379 g/mol. The van der Waals surface area contributed by atoms with E-state index in [1.807, 2.05) is 26.8 Å². The van der Waals surface area contributed by atoms with E-state index in [1.54, 1.807) is 11.8 Å². The highest BCUT2D eigenvalue weighted by Gasteiger charge is 2.67. The maximum atomic E-state index is 12.7. The summed E-state index contributed by atoms with van der Waals surface area (Å²) in [7, 11) is 0. The summed E-state index contributed by atoms with van der Waals surface area (Å²) in [6.45, 7) is 11.1. The number of carbonyl (C=O) groups is 3. The summed E-state index contributed by atoms with van der Waals surface area (Å²) in [5.74, 6) is -0.146. The van der Waals surface area contributed by atoms with Crippen LogP contribution < -0.4 is 0 Å². The zero-order chi connectivity index (χ0) is 20.2. The van der Waals surface area contributed by atoms with Crippen LogP contribution in [0.25, 0.3) is 0 Å². The fourth-order valence-electron chi connectivity index (χ4n) is 3.97. The van der Waals surface area contributed by atoms with Gasteiger partial charge in [0.2, 0.25) is 0 Å². The number of likely N-dealkylation sites (tertiary alicyclic amines) is 1. The molecule has 152 valence electrons. The highest BCUT2D eigenvalue weighted by Crippen LogP contribution is 2.62. The first-order valence-corrected chi connectivity index (χ1v) is 9.94. The van der Waals surface area contributed by atoms with Gasteiger partial charge in [-0.05, 0) is 65.2 Å². The Labute approximate surface area is 162 Å². The molecule has 0 radical (unpaired) electrons. The molecule has 2 aliphatic rings. The Hall–Kier alpha value is -1.85. The molecule has 3 atom stereocenters. The second-order valence-electron chi connectivity index (χ2n) is 8.66. The number of amides is 1. The third kappa shape index (κ3) is 5.33. The molecule has 1 amide bonds. The summed E-state index contributed by atoms with van der Waals surface area (Å²) in [6, 6.07) is -0.655. The molecule has 0 aromatic rings. The molecular formula is C21H33NO5. The Bertz CT molecular complexity index is 594. The molecule has 0 aromatic carbocycles. The van der Waals surface area contributed by atoms with Crippen molar-refractivity contribution < 1.29 is 23.9 Å². The van der Waals surface area contributed by atoms with Crippen molar-refractivity contribution in [2.75, 3.05) is 6.61 Å². The van der Waals surface area contributed by atoms with Crippen LogP contribution in [0.1, 0.15) is 72.6 Å². The molecule has 0 spiro atoms. The summed E-state index contributed by atoms with van der Waals surface area (Å²) in [6.07, 6.45) is 6.16. The van der Waals surface area contributed by atoms with Crippen molar-refractivity contribution in [1.82, 2.24) is 4.90 Å². The Morgan fingerprint density at radius 1 is 1.22 bits per heavy atom. The number of fused-ring (bicyclic) bond motifs is 1. The molecule has 0 bridgehead atoms. The third-order valence-electron chi connectivity index (χ3n) is 5.35. The summed E-state index contributed by atoms with van der Waals surface area (Å²) >= 11 is 0. The number of hydrogen-bond donors (Lipinski definition) is 0. The molecule has 0 aromatic heterocycles. The largest absolute Gasteiger partial charge is 0.464 e. The number of ketones is 1. The first kappa shape index (κ1) is 21.5. The maximum absolute atomic E-state index is 12.7. The van der Waals surface area contributed by atoms with Gasteiger partial charge in [0.15, 0.2) is 0 Å². The summed E-state index contributed by atoms with van der Waals surface area (Å²) in [5.41, 5.74) is -0.778. The number of hydrogen-bond acceptors (Lipinski definition) is 5. The number of rotatable bonds is 9. The number of nitrogens with zero attached hydrogens (tertiary/aromatic N) is 1. The van der Waals surface area contributed by atoms with Gasteiger partial charge in [-0.15, -0.1) is 6.58 Å². The molecule has 6 heteroatoms. The molecule has 0 unspecified atom stereocenters. The molecular weight excluding hydrogens is 346 g/mol. The van der Waals surface area contributed by atoms with E-state index >= 15 is 0 Å². The van der Waals surface area contributed by atoms with Crippen LogP contribution >= 0.6 is 0 Å². The van der Waals surface area contributed by atoms with Gasteiger partial charge in [-0.2, -0.15) is 0 Å². The fourth-order valence-corrected chi connectivity index (χ4v) is 3.97. The van der Waals surface area contributed by atoms with Crippen LogP contribution in [0.15, 0.2) is 12.7 Å². The number of allylic oxidation sites excluding steroid dienone is 1. The van der Waals surface area contributed by atoms with Crippen LogP contribution in [-0.4, -0.2) is 47.0 Å². The van der Waals surface area contributed by atoms with Gasteiger partial charge >= 0.3 is 12.1 Å². The van der Waals surface area contributed by atoms with E-state index in [4.69, 9.17) is 9.47 Å². The van der Waals surface area contributed by atoms with Crippen LogP contribution in [0.4, 0.5) is 4.79 Å². The van der Waals surface area contributed by atoms with Crippen molar-refractivity contribution in [3.8, 4) is 0 Å². The van der Waals surface area contributed by atoms with Gasteiger partial charge in [0, 0.05) is 18.9 Å². The predicted molar refractivity (Wildman–Crippen MR) is 102 cm³/mol. The Balaban J connectivity index is 2.02. The van der Waals surface area contributed by atoms with Crippen molar-refractivity contribution in [2.24, 2.45) is 5.41 Å². The molecule has 6 nitrogen and oxygen atoms in total. The number of unbranched alkanes of at least 4 members (excludes halogenated alkanes) is 1. The van der Waals surface area contributed by atoms with Crippen molar-refractivity contribution in [2.45, 2.75) is 90.3 Å². The third-order valence-corrected chi connectivity index (χ3v) is 5.35. The second-order valence-corrected chi connectivity index (χ2v) is 8.66. The standard InChI is InChI=1S/C21H33NO5/c1-6-8-9-10-15(23)11-12-21-13-16(18(24)26-7-2)22(17(21)14-21)19(25)27-20(3,4)5/h6,16-17H,1,7-14H2,2-5H3/t16-,17+,21-/m0/s1. The summed E-state index contributed by atoms with van der Waals surface area (Å²) < 4.78 is 10.7. The second kappa shape index (κ2) is 8.44. The molecule has 1 saturated heterocycles. The number of carbonyl (C=O) groups excluding carboxylic acids is 3. The number of piperidine rings is 1. The molecule has 1 aliphatic heterocycles. The normalized spacial score (nSPS) is 26.3. The Kier molecular flexibility index (Phi) is 6.71. The van der Waals surface area contributed by atoms with E-state index in [2.05, 4.69) is 6.58 Å². The first-order valence-electron chi connectivity index (χ1n) is 9.94. The number of ether oxygens (including phenoxy) is 2. The summed E-state index contributed by atoms with van der Waals surface area (Å²) in [4.78, 5) is 38.8. The molecule has 1 saturated carbocycles. The first-order chi connectivity index (χ1) is 12.6. The monoisotopic (exact) mass is 379 g/mol.